The van der Waals surface area contributed by atoms with Gasteiger partial charge in [-0.25, -0.2) is 9.97 Å². The van der Waals surface area contributed by atoms with E-state index in [1.54, 1.807) is 6.92 Å². The van der Waals surface area contributed by atoms with Gasteiger partial charge in [0.25, 0.3) is 5.56 Å². The molecule has 3 heterocycles. The number of aromatic nitrogens is 4. The van der Waals surface area contributed by atoms with Crippen molar-refractivity contribution in [1.29, 1.82) is 0 Å². The maximum atomic E-state index is 12.6. The summed E-state index contributed by atoms with van der Waals surface area (Å²) in [5.41, 5.74) is 0.0947. The van der Waals surface area contributed by atoms with Crippen LogP contribution >= 0.6 is 0 Å². The van der Waals surface area contributed by atoms with Crippen LogP contribution in [0.15, 0.2) is 17.2 Å². The summed E-state index contributed by atoms with van der Waals surface area (Å²) in [6.45, 7) is 3.44. The number of carbonyl (C=O) groups is 1. The summed E-state index contributed by atoms with van der Waals surface area (Å²) in [5, 5.41) is 0. The van der Waals surface area contributed by atoms with Gasteiger partial charge in [-0.2, -0.15) is 4.98 Å². The van der Waals surface area contributed by atoms with E-state index < -0.39 is 5.97 Å². The highest BCUT2D eigenvalue weighted by molar-refractivity contribution is 5.73. The van der Waals surface area contributed by atoms with Crippen molar-refractivity contribution in [2.75, 3.05) is 24.6 Å². The predicted octanol–water partition coefficient (Wildman–Crippen LogP) is 0.350. The van der Waals surface area contributed by atoms with Crippen molar-refractivity contribution in [3.8, 4) is 0 Å². The maximum Gasteiger partial charge on any atom is 0.326 e. The van der Waals surface area contributed by atoms with Crippen molar-refractivity contribution in [1.82, 2.24) is 19.5 Å². The fourth-order valence-corrected chi connectivity index (χ4v) is 2.57. The Balaban J connectivity index is 2.12. The van der Waals surface area contributed by atoms with E-state index in [2.05, 4.69) is 15.0 Å². The van der Waals surface area contributed by atoms with Crippen molar-refractivity contribution in [2.24, 2.45) is 0 Å². The van der Waals surface area contributed by atoms with Crippen LogP contribution in [-0.2, 0) is 16.1 Å². The number of ether oxygens (including phenoxy) is 1. The summed E-state index contributed by atoms with van der Waals surface area (Å²) >= 11 is 0. The summed E-state index contributed by atoms with van der Waals surface area (Å²) in [5.74, 6) is -0.00126. The highest BCUT2D eigenvalue weighted by atomic mass is 16.5. The van der Waals surface area contributed by atoms with E-state index in [-0.39, 0.29) is 24.2 Å². The summed E-state index contributed by atoms with van der Waals surface area (Å²) in [7, 11) is 0. The molecule has 1 aliphatic heterocycles. The highest BCUT2D eigenvalue weighted by Crippen LogP contribution is 2.18. The van der Waals surface area contributed by atoms with Crippen LogP contribution in [0.4, 0.5) is 5.95 Å². The van der Waals surface area contributed by atoms with Crippen molar-refractivity contribution in [3.63, 3.8) is 0 Å². The van der Waals surface area contributed by atoms with Gasteiger partial charge in [0.15, 0.2) is 11.2 Å². The van der Waals surface area contributed by atoms with E-state index in [4.69, 9.17) is 4.74 Å². The van der Waals surface area contributed by atoms with Gasteiger partial charge in [0.1, 0.15) is 6.54 Å². The molecular formula is C14H17N5O3. The van der Waals surface area contributed by atoms with Gasteiger partial charge < -0.3 is 9.64 Å². The van der Waals surface area contributed by atoms with Crippen LogP contribution in [0.2, 0.25) is 0 Å². The molecule has 0 aliphatic carbocycles. The second kappa shape index (κ2) is 6.08. The van der Waals surface area contributed by atoms with Gasteiger partial charge in [-0.15, -0.1) is 0 Å². The van der Waals surface area contributed by atoms with Gasteiger partial charge in [-0.05, 0) is 19.8 Å². The van der Waals surface area contributed by atoms with E-state index in [0.717, 1.165) is 25.9 Å². The van der Waals surface area contributed by atoms with Crippen LogP contribution in [0.1, 0.15) is 19.8 Å². The molecule has 22 heavy (non-hydrogen) atoms. The van der Waals surface area contributed by atoms with Crippen LogP contribution < -0.4 is 10.5 Å². The minimum atomic E-state index is -0.463. The first-order valence-corrected chi connectivity index (χ1v) is 7.33. The van der Waals surface area contributed by atoms with Gasteiger partial charge in [-0.3, -0.25) is 14.2 Å². The Bertz CT molecular complexity index is 752. The number of carbonyl (C=O) groups excluding carboxylic acids is 1. The fourth-order valence-electron chi connectivity index (χ4n) is 2.57. The average Bonchev–Trinajstić information content (AvgIpc) is 3.04. The first kappa shape index (κ1) is 14.4. The first-order chi connectivity index (χ1) is 10.7. The topological polar surface area (TPSA) is 90.2 Å². The van der Waals surface area contributed by atoms with Crippen LogP contribution in [0.5, 0.6) is 0 Å². The smallest absolute Gasteiger partial charge is 0.326 e. The molecule has 0 atom stereocenters. The molecular weight excluding hydrogens is 286 g/mol. The summed E-state index contributed by atoms with van der Waals surface area (Å²) in [6, 6.07) is 0. The fraction of sp³-hybridized carbons (Fsp3) is 0.500. The maximum absolute atomic E-state index is 12.6. The Kier molecular flexibility index (Phi) is 3.99. The largest absolute Gasteiger partial charge is 0.465 e. The molecule has 0 spiro atoms. The van der Waals surface area contributed by atoms with E-state index in [1.165, 1.54) is 17.0 Å². The van der Waals surface area contributed by atoms with Crippen LogP contribution in [0.25, 0.3) is 11.2 Å². The molecule has 116 valence electrons. The SMILES string of the molecule is CCOC(=O)Cn1c(N2CCCC2)nc2nccnc2c1=O. The van der Waals surface area contributed by atoms with E-state index >= 15 is 0 Å². The van der Waals surface area contributed by atoms with Crippen molar-refractivity contribution in [3.05, 3.63) is 22.7 Å². The quantitative estimate of drug-likeness (QED) is 0.753. The van der Waals surface area contributed by atoms with Crippen molar-refractivity contribution >= 4 is 23.1 Å². The third-order valence-electron chi connectivity index (χ3n) is 3.56. The third-order valence-corrected chi connectivity index (χ3v) is 3.56. The molecule has 0 aromatic carbocycles. The minimum Gasteiger partial charge on any atom is -0.465 e. The molecule has 1 fully saturated rings. The lowest BCUT2D eigenvalue weighted by Crippen LogP contribution is -2.34. The Labute approximate surface area is 126 Å². The highest BCUT2D eigenvalue weighted by Gasteiger charge is 2.22. The lowest BCUT2D eigenvalue weighted by molar-refractivity contribution is -0.143. The molecule has 0 N–H and O–H groups in total. The zero-order chi connectivity index (χ0) is 15.5. The monoisotopic (exact) mass is 303 g/mol. The Morgan fingerprint density at radius 1 is 1.27 bits per heavy atom. The second-order valence-corrected chi connectivity index (χ2v) is 5.03. The third kappa shape index (κ3) is 2.63. The van der Waals surface area contributed by atoms with Gasteiger partial charge in [-0.1, -0.05) is 0 Å². The lowest BCUT2D eigenvalue weighted by Gasteiger charge is -2.20. The van der Waals surface area contributed by atoms with E-state index in [1.807, 2.05) is 4.90 Å². The van der Waals surface area contributed by atoms with Crippen molar-refractivity contribution < 1.29 is 9.53 Å². The van der Waals surface area contributed by atoms with Crippen LogP contribution in [0.3, 0.4) is 0 Å². The number of nitrogens with zero attached hydrogens (tertiary/aromatic N) is 5. The Hall–Kier alpha value is -2.51. The van der Waals surface area contributed by atoms with Crippen LogP contribution in [0, 0.1) is 0 Å². The van der Waals surface area contributed by atoms with Crippen LogP contribution in [-0.4, -0.2) is 45.2 Å². The molecule has 0 amide bonds. The van der Waals surface area contributed by atoms with E-state index in [0.29, 0.717) is 11.6 Å². The number of esters is 1. The molecule has 2 aromatic rings. The lowest BCUT2D eigenvalue weighted by atomic mass is 10.4. The standard InChI is InChI=1S/C14H17N5O3/c1-2-22-10(20)9-19-13(21)11-12(16-6-5-15-11)17-14(19)18-7-3-4-8-18/h5-6H,2-4,7-9H2,1H3. The summed E-state index contributed by atoms with van der Waals surface area (Å²) in [4.78, 5) is 39.0. The van der Waals surface area contributed by atoms with Gasteiger partial charge in [0.05, 0.1) is 6.61 Å². The zero-order valence-electron chi connectivity index (χ0n) is 12.4. The van der Waals surface area contributed by atoms with Gasteiger partial charge in [0.2, 0.25) is 5.95 Å². The molecule has 0 bridgehead atoms. The number of hydrogen-bond donors (Lipinski definition) is 0. The molecule has 1 saturated heterocycles. The minimum absolute atomic E-state index is 0.162. The average molecular weight is 303 g/mol. The molecule has 3 rings (SSSR count). The predicted molar refractivity (Wildman–Crippen MR) is 79.7 cm³/mol. The van der Waals surface area contributed by atoms with E-state index in [9.17, 15) is 9.59 Å². The van der Waals surface area contributed by atoms with Crippen molar-refractivity contribution in [2.45, 2.75) is 26.3 Å². The normalized spacial score (nSPS) is 14.5. The summed E-state index contributed by atoms with van der Waals surface area (Å²) < 4.78 is 6.28. The molecule has 8 heteroatoms. The first-order valence-electron chi connectivity index (χ1n) is 7.33. The Morgan fingerprint density at radius 3 is 2.73 bits per heavy atom. The number of hydrogen-bond acceptors (Lipinski definition) is 7. The second-order valence-electron chi connectivity index (χ2n) is 5.03. The molecule has 0 unspecified atom stereocenters. The molecule has 0 saturated carbocycles. The Morgan fingerprint density at radius 2 is 2.00 bits per heavy atom. The zero-order valence-corrected chi connectivity index (χ0v) is 12.4. The summed E-state index contributed by atoms with van der Waals surface area (Å²) in [6.07, 6.45) is 5.01. The molecule has 2 aromatic heterocycles. The molecule has 1 aliphatic rings. The molecule has 0 radical (unpaired) electrons. The van der Waals surface area contributed by atoms with Gasteiger partial charge >= 0.3 is 5.97 Å². The molecule has 8 nitrogen and oxygen atoms in total. The number of rotatable bonds is 4. The van der Waals surface area contributed by atoms with Gasteiger partial charge in [0, 0.05) is 25.5 Å². The number of fused-ring (bicyclic) bond motifs is 1. The number of anilines is 1.